The maximum Gasteiger partial charge on any atom is 0.456 e. The van der Waals surface area contributed by atoms with Crippen LogP contribution < -0.4 is 4.74 Å². The number of rotatable bonds is 7. The fraction of sp³-hybridized carbons (Fsp3) is 0.400. The second kappa shape index (κ2) is 7.86. The van der Waals surface area contributed by atoms with Gasteiger partial charge in [0, 0.05) is 18.6 Å². The van der Waals surface area contributed by atoms with Crippen LogP contribution in [-0.2, 0) is 15.3 Å². The molecule has 1 saturated carbocycles. The van der Waals surface area contributed by atoms with Gasteiger partial charge in [-0.05, 0) is 24.5 Å². The van der Waals surface area contributed by atoms with E-state index in [4.69, 9.17) is 0 Å². The van der Waals surface area contributed by atoms with E-state index in [1.54, 1.807) is 0 Å². The highest BCUT2D eigenvalue weighted by atomic mass is 32.2. The minimum atomic E-state index is -5.80. The highest BCUT2D eigenvalue weighted by Crippen LogP contribution is 2.48. The van der Waals surface area contributed by atoms with Crippen LogP contribution in [0.5, 0.6) is 5.88 Å². The van der Waals surface area contributed by atoms with Gasteiger partial charge in [0.2, 0.25) is 5.88 Å². The molecule has 1 aliphatic carbocycles. The summed E-state index contributed by atoms with van der Waals surface area (Å²) in [5.41, 5.74) is -0.493. The first-order valence-corrected chi connectivity index (χ1v) is 11.5. The number of sulfone groups is 1. The van der Waals surface area contributed by atoms with Crippen molar-refractivity contribution in [2.45, 2.75) is 42.2 Å². The summed E-state index contributed by atoms with van der Waals surface area (Å²) in [6.07, 6.45) is 0.191. The Kier molecular flexibility index (Phi) is 5.51. The summed E-state index contributed by atoms with van der Waals surface area (Å²) in [4.78, 5) is 11.9. The van der Waals surface area contributed by atoms with E-state index in [1.807, 2.05) is 0 Å². The van der Waals surface area contributed by atoms with Crippen LogP contribution in [0.1, 0.15) is 25.3 Å². The molecule has 3 aromatic rings. The fourth-order valence-electron chi connectivity index (χ4n) is 3.29. The van der Waals surface area contributed by atoms with Crippen LogP contribution in [0.2, 0.25) is 0 Å². The Morgan fingerprint density at radius 2 is 1.88 bits per heavy atom. The smallest absolute Gasteiger partial charge is 0.456 e. The molecule has 1 aliphatic rings. The molecule has 8 nitrogen and oxygen atoms in total. The first-order chi connectivity index (χ1) is 15.9. The van der Waals surface area contributed by atoms with Gasteiger partial charge in [-0.1, -0.05) is 6.92 Å². The molecule has 0 N–H and O–H groups in total. The number of fused-ring (bicyclic) bond motifs is 1. The molecule has 0 saturated heterocycles. The highest BCUT2D eigenvalue weighted by molar-refractivity contribution is 7.91. The van der Waals surface area contributed by atoms with Crippen LogP contribution in [0.25, 0.3) is 17.0 Å². The van der Waals surface area contributed by atoms with Crippen molar-refractivity contribution in [1.82, 2.24) is 19.4 Å². The van der Waals surface area contributed by atoms with Crippen molar-refractivity contribution in [3.8, 4) is 23.5 Å². The lowest BCUT2D eigenvalue weighted by Gasteiger charge is -2.19. The maximum atomic E-state index is 13.3. The van der Waals surface area contributed by atoms with E-state index >= 15 is 0 Å². The molecule has 0 radical (unpaired) electrons. The van der Waals surface area contributed by atoms with Gasteiger partial charge in [0.1, 0.15) is 11.2 Å². The molecular formula is C20H16F5N5O3S. The standard InChI is InChI=1S/C20H16F5N5O3S/c1-2-34(31,32)14-7-12(18(10-26)3-4-18)8-28-15(14)16-29-9-13-17(27-5-6-30(13)16)33-11-19(21,22)20(23,24)25/h5-9H,2-4,11H2,1H3. The summed E-state index contributed by atoms with van der Waals surface area (Å²) < 4.78 is 95.5. The Hall–Kier alpha value is -3.34. The van der Waals surface area contributed by atoms with E-state index < -0.39 is 39.8 Å². The number of pyridine rings is 1. The molecule has 0 unspecified atom stereocenters. The summed E-state index contributed by atoms with van der Waals surface area (Å²) >= 11 is 0. The van der Waals surface area contributed by atoms with E-state index in [-0.39, 0.29) is 27.7 Å². The Morgan fingerprint density at radius 1 is 1.18 bits per heavy atom. The summed E-state index contributed by atoms with van der Waals surface area (Å²) in [6, 6.07) is 3.55. The lowest BCUT2D eigenvalue weighted by Crippen LogP contribution is -2.41. The first-order valence-electron chi connectivity index (χ1n) is 9.89. The Labute approximate surface area is 190 Å². The van der Waals surface area contributed by atoms with Gasteiger partial charge in [-0.2, -0.15) is 27.2 Å². The third-order valence-electron chi connectivity index (χ3n) is 5.52. The zero-order valence-corrected chi connectivity index (χ0v) is 18.3. The lowest BCUT2D eigenvalue weighted by atomic mass is 9.99. The molecule has 0 aliphatic heterocycles. The van der Waals surface area contributed by atoms with Crippen molar-refractivity contribution in [2.24, 2.45) is 0 Å². The number of ether oxygens (including phenoxy) is 1. The number of alkyl halides is 5. The van der Waals surface area contributed by atoms with Crippen LogP contribution in [0.3, 0.4) is 0 Å². The predicted octanol–water partition coefficient (Wildman–Crippen LogP) is 3.72. The third-order valence-corrected chi connectivity index (χ3v) is 7.27. The molecule has 0 bridgehead atoms. The number of aromatic nitrogens is 4. The molecular weight excluding hydrogens is 485 g/mol. The average Bonchev–Trinajstić information content (AvgIpc) is 3.48. The van der Waals surface area contributed by atoms with Gasteiger partial charge < -0.3 is 4.74 Å². The zero-order chi connectivity index (χ0) is 24.9. The number of hydrogen-bond acceptors (Lipinski definition) is 7. The second-order valence-corrected chi connectivity index (χ2v) is 9.98. The maximum absolute atomic E-state index is 13.3. The number of hydrogen-bond donors (Lipinski definition) is 0. The molecule has 3 heterocycles. The molecule has 0 amide bonds. The topological polar surface area (TPSA) is 110 Å². The molecule has 0 spiro atoms. The van der Waals surface area contributed by atoms with Gasteiger partial charge >= 0.3 is 12.1 Å². The number of nitrogens with zero attached hydrogens (tertiary/aromatic N) is 5. The quantitative estimate of drug-likeness (QED) is 0.454. The molecule has 0 aromatic carbocycles. The monoisotopic (exact) mass is 501 g/mol. The van der Waals surface area contributed by atoms with Gasteiger partial charge in [0.25, 0.3) is 0 Å². The van der Waals surface area contributed by atoms with E-state index in [2.05, 4.69) is 25.8 Å². The molecule has 4 rings (SSSR count). The number of imidazole rings is 1. The predicted molar refractivity (Wildman–Crippen MR) is 107 cm³/mol. The van der Waals surface area contributed by atoms with Crippen LogP contribution in [0.15, 0.2) is 35.7 Å². The molecule has 0 atom stereocenters. The summed E-state index contributed by atoms with van der Waals surface area (Å²) in [5.74, 6) is -5.95. The van der Waals surface area contributed by atoms with E-state index in [0.29, 0.717) is 18.4 Å². The highest BCUT2D eigenvalue weighted by Gasteiger charge is 2.58. The normalized spacial score (nSPS) is 15.8. The molecule has 14 heteroatoms. The van der Waals surface area contributed by atoms with Gasteiger partial charge in [-0.25, -0.2) is 18.4 Å². The van der Waals surface area contributed by atoms with Crippen LogP contribution >= 0.6 is 0 Å². The zero-order valence-electron chi connectivity index (χ0n) is 17.5. The Morgan fingerprint density at radius 3 is 2.47 bits per heavy atom. The lowest BCUT2D eigenvalue weighted by molar-refractivity contribution is -0.290. The van der Waals surface area contributed by atoms with Gasteiger partial charge in [-0.15, -0.1) is 0 Å². The number of nitriles is 1. The van der Waals surface area contributed by atoms with Crippen LogP contribution in [0.4, 0.5) is 22.0 Å². The van der Waals surface area contributed by atoms with Gasteiger partial charge in [-0.3, -0.25) is 9.38 Å². The molecule has 3 aromatic heterocycles. The minimum Gasteiger partial charge on any atom is -0.469 e. The Balaban J connectivity index is 1.80. The largest absolute Gasteiger partial charge is 0.469 e. The fourth-order valence-corrected chi connectivity index (χ4v) is 4.34. The summed E-state index contributed by atoms with van der Waals surface area (Å²) in [6.45, 7) is -0.564. The SMILES string of the molecule is CCS(=O)(=O)c1cc(C2(C#N)CC2)cnc1-c1ncc2c(OCC(F)(F)C(F)(F)F)nccn12. The van der Waals surface area contributed by atoms with Crippen molar-refractivity contribution in [2.75, 3.05) is 12.4 Å². The van der Waals surface area contributed by atoms with Crippen molar-refractivity contribution >= 4 is 15.4 Å². The van der Waals surface area contributed by atoms with Crippen molar-refractivity contribution in [3.05, 3.63) is 36.4 Å². The van der Waals surface area contributed by atoms with E-state index in [1.165, 1.54) is 29.8 Å². The molecule has 180 valence electrons. The van der Waals surface area contributed by atoms with Gasteiger partial charge in [0.05, 0.1) is 28.3 Å². The second-order valence-electron chi connectivity index (χ2n) is 7.73. The van der Waals surface area contributed by atoms with Gasteiger partial charge in [0.15, 0.2) is 22.3 Å². The third kappa shape index (κ3) is 3.93. The van der Waals surface area contributed by atoms with E-state index in [0.717, 1.165) is 12.4 Å². The van der Waals surface area contributed by atoms with Crippen molar-refractivity contribution < 1.29 is 35.1 Å². The van der Waals surface area contributed by atoms with Crippen molar-refractivity contribution in [3.63, 3.8) is 0 Å². The van der Waals surface area contributed by atoms with E-state index in [9.17, 15) is 35.6 Å². The number of halogens is 5. The first kappa shape index (κ1) is 23.8. The summed E-state index contributed by atoms with van der Waals surface area (Å²) in [7, 11) is -3.84. The molecule has 34 heavy (non-hydrogen) atoms. The minimum absolute atomic E-state index is 0.0230. The van der Waals surface area contributed by atoms with Crippen LogP contribution in [0, 0.1) is 11.3 Å². The Bertz CT molecular complexity index is 1410. The molecule has 1 fully saturated rings. The van der Waals surface area contributed by atoms with Crippen LogP contribution in [-0.4, -0.2) is 52.2 Å². The van der Waals surface area contributed by atoms with Crippen molar-refractivity contribution in [1.29, 1.82) is 5.26 Å². The summed E-state index contributed by atoms with van der Waals surface area (Å²) in [5, 5.41) is 9.46. The average molecular weight is 501 g/mol.